The predicted molar refractivity (Wildman–Crippen MR) is 87.4 cm³/mol. The average molecular weight is 331 g/mol. The Morgan fingerprint density at radius 3 is 2.71 bits per heavy atom. The van der Waals surface area contributed by atoms with Gasteiger partial charge in [-0.05, 0) is 25.0 Å². The van der Waals surface area contributed by atoms with Crippen molar-refractivity contribution in [1.29, 1.82) is 0 Å². The lowest BCUT2D eigenvalue weighted by atomic mass is 10.1. The van der Waals surface area contributed by atoms with E-state index in [-0.39, 0.29) is 18.0 Å². The molecular formula is C17H21N3O4. The van der Waals surface area contributed by atoms with Gasteiger partial charge in [0.2, 0.25) is 0 Å². The third kappa shape index (κ3) is 5.83. The number of unbranched alkanes of at least 4 members (excludes halogenated alkanes) is 4. The Morgan fingerprint density at radius 2 is 1.96 bits per heavy atom. The lowest BCUT2D eigenvalue weighted by molar-refractivity contribution is -0.137. The summed E-state index contributed by atoms with van der Waals surface area (Å²) in [5.74, 6) is -0.507. The van der Waals surface area contributed by atoms with E-state index in [1.165, 1.54) is 0 Å². The van der Waals surface area contributed by atoms with E-state index < -0.39 is 5.97 Å². The molecule has 1 amide bonds. The number of hydrogen-bond acceptors (Lipinski definition) is 5. The second-order valence-electron chi connectivity index (χ2n) is 5.49. The summed E-state index contributed by atoms with van der Waals surface area (Å²) in [5, 5.41) is 15.1. The average Bonchev–Trinajstić information content (AvgIpc) is 3.08. The second kappa shape index (κ2) is 9.44. The summed E-state index contributed by atoms with van der Waals surface area (Å²) in [4.78, 5) is 26.4. The molecule has 128 valence electrons. The monoisotopic (exact) mass is 331 g/mol. The van der Waals surface area contributed by atoms with Gasteiger partial charge in [-0.3, -0.25) is 14.6 Å². The number of hydrogen-bond donors (Lipinski definition) is 2. The number of carboxylic acid groups (broad SMARTS) is 1. The molecule has 7 nitrogen and oxygen atoms in total. The van der Waals surface area contributed by atoms with E-state index in [0.29, 0.717) is 18.7 Å². The van der Waals surface area contributed by atoms with Crippen molar-refractivity contribution in [2.45, 2.75) is 38.5 Å². The largest absolute Gasteiger partial charge is 0.481 e. The number of carbonyl (C=O) groups is 2. The highest BCUT2D eigenvalue weighted by atomic mass is 16.5. The van der Waals surface area contributed by atoms with Gasteiger partial charge in [0.1, 0.15) is 0 Å². The zero-order chi connectivity index (χ0) is 17.2. The Bertz CT molecular complexity index is 655. The number of rotatable bonds is 10. The summed E-state index contributed by atoms with van der Waals surface area (Å²) in [6.45, 7) is 0.562. The third-order valence-corrected chi connectivity index (χ3v) is 3.54. The fraction of sp³-hybridized carbons (Fsp3) is 0.412. The van der Waals surface area contributed by atoms with Gasteiger partial charge in [-0.2, -0.15) is 0 Å². The minimum absolute atomic E-state index is 0.224. The van der Waals surface area contributed by atoms with E-state index >= 15 is 0 Å². The first-order valence-corrected chi connectivity index (χ1v) is 8.04. The van der Waals surface area contributed by atoms with Crippen molar-refractivity contribution in [3.63, 3.8) is 0 Å². The van der Waals surface area contributed by atoms with Crippen LogP contribution in [0.25, 0.3) is 11.3 Å². The van der Waals surface area contributed by atoms with Crippen LogP contribution in [0.4, 0.5) is 0 Å². The molecule has 0 unspecified atom stereocenters. The maximum absolute atomic E-state index is 12.0. The van der Waals surface area contributed by atoms with Gasteiger partial charge in [0.15, 0.2) is 11.5 Å². The molecule has 2 N–H and O–H groups in total. The molecule has 2 rings (SSSR count). The first-order valence-electron chi connectivity index (χ1n) is 8.04. The molecule has 7 heteroatoms. The molecule has 0 bridgehead atoms. The van der Waals surface area contributed by atoms with Crippen LogP contribution in [0, 0.1) is 0 Å². The van der Waals surface area contributed by atoms with E-state index in [1.807, 2.05) is 6.07 Å². The van der Waals surface area contributed by atoms with E-state index in [1.54, 1.807) is 24.5 Å². The molecule has 2 heterocycles. The van der Waals surface area contributed by atoms with E-state index in [9.17, 15) is 9.59 Å². The summed E-state index contributed by atoms with van der Waals surface area (Å²) in [6.07, 6.45) is 7.92. The minimum Gasteiger partial charge on any atom is -0.481 e. The number of carboxylic acids is 1. The molecule has 0 atom stereocenters. The molecule has 0 spiro atoms. The predicted octanol–water partition coefficient (Wildman–Crippen LogP) is 2.89. The first-order chi connectivity index (χ1) is 11.7. The van der Waals surface area contributed by atoms with Crippen LogP contribution in [0.1, 0.15) is 49.0 Å². The van der Waals surface area contributed by atoms with Crippen molar-refractivity contribution in [3.05, 3.63) is 36.3 Å². The van der Waals surface area contributed by atoms with Crippen LogP contribution in [0.3, 0.4) is 0 Å². The summed E-state index contributed by atoms with van der Waals surface area (Å²) in [5.41, 5.74) is 1.01. The van der Waals surface area contributed by atoms with Gasteiger partial charge >= 0.3 is 5.97 Å². The van der Waals surface area contributed by atoms with Gasteiger partial charge < -0.3 is 14.9 Å². The van der Waals surface area contributed by atoms with E-state index in [0.717, 1.165) is 31.2 Å². The molecule has 0 aliphatic carbocycles. The third-order valence-electron chi connectivity index (χ3n) is 3.54. The van der Waals surface area contributed by atoms with Crippen molar-refractivity contribution < 1.29 is 19.2 Å². The zero-order valence-electron chi connectivity index (χ0n) is 13.4. The highest BCUT2D eigenvalue weighted by Gasteiger charge is 2.13. The van der Waals surface area contributed by atoms with Gasteiger partial charge in [0, 0.05) is 37.0 Å². The van der Waals surface area contributed by atoms with Gasteiger partial charge in [-0.25, -0.2) is 0 Å². The Morgan fingerprint density at radius 1 is 1.17 bits per heavy atom. The van der Waals surface area contributed by atoms with Crippen LogP contribution in [0.2, 0.25) is 0 Å². The summed E-state index contributed by atoms with van der Waals surface area (Å²) >= 11 is 0. The molecule has 2 aromatic rings. The second-order valence-corrected chi connectivity index (χ2v) is 5.49. The van der Waals surface area contributed by atoms with E-state index in [4.69, 9.17) is 9.63 Å². The molecule has 0 aliphatic heterocycles. The number of amides is 1. The number of nitrogens with zero attached hydrogens (tertiary/aromatic N) is 2. The Hall–Kier alpha value is -2.70. The molecule has 0 aromatic carbocycles. The van der Waals surface area contributed by atoms with Crippen molar-refractivity contribution in [2.24, 2.45) is 0 Å². The molecule has 0 saturated carbocycles. The molecule has 0 fully saturated rings. The van der Waals surface area contributed by atoms with Gasteiger partial charge in [0.05, 0.1) is 0 Å². The standard InChI is InChI=1S/C17H21N3O4/c21-16(22)8-4-2-1-3-5-10-19-17(23)14-11-15(24-20-14)13-7-6-9-18-12-13/h6-7,9,11-12H,1-5,8,10H2,(H,19,23)(H,21,22). The minimum atomic E-state index is -0.750. The zero-order valence-corrected chi connectivity index (χ0v) is 13.4. The molecule has 0 saturated heterocycles. The van der Waals surface area contributed by atoms with E-state index in [2.05, 4.69) is 15.5 Å². The van der Waals surface area contributed by atoms with Gasteiger partial charge in [-0.15, -0.1) is 0 Å². The summed E-state index contributed by atoms with van der Waals surface area (Å²) in [7, 11) is 0. The lowest BCUT2D eigenvalue weighted by Gasteiger charge is -2.02. The number of nitrogens with one attached hydrogen (secondary N) is 1. The highest BCUT2D eigenvalue weighted by Crippen LogP contribution is 2.18. The molecule has 0 radical (unpaired) electrons. The number of pyridine rings is 1. The maximum Gasteiger partial charge on any atom is 0.303 e. The Kier molecular flexibility index (Phi) is 6.94. The molecular weight excluding hydrogens is 310 g/mol. The lowest BCUT2D eigenvalue weighted by Crippen LogP contribution is -2.24. The van der Waals surface area contributed by atoms with Crippen LogP contribution in [-0.4, -0.2) is 33.7 Å². The molecule has 0 aliphatic rings. The molecule has 24 heavy (non-hydrogen) atoms. The fourth-order valence-electron chi connectivity index (χ4n) is 2.25. The normalized spacial score (nSPS) is 10.5. The fourth-order valence-corrected chi connectivity index (χ4v) is 2.25. The summed E-state index contributed by atoms with van der Waals surface area (Å²) < 4.78 is 5.16. The number of aromatic nitrogens is 2. The number of carbonyl (C=O) groups excluding carboxylic acids is 1. The topological polar surface area (TPSA) is 105 Å². The van der Waals surface area contributed by atoms with Crippen molar-refractivity contribution in [1.82, 2.24) is 15.5 Å². The van der Waals surface area contributed by atoms with Crippen LogP contribution in [0.5, 0.6) is 0 Å². The Balaban J connectivity index is 1.65. The highest BCUT2D eigenvalue weighted by molar-refractivity contribution is 5.93. The van der Waals surface area contributed by atoms with Crippen LogP contribution in [0.15, 0.2) is 35.1 Å². The van der Waals surface area contributed by atoms with Crippen LogP contribution < -0.4 is 5.32 Å². The molecule has 2 aromatic heterocycles. The van der Waals surface area contributed by atoms with Gasteiger partial charge in [-0.1, -0.05) is 24.4 Å². The SMILES string of the molecule is O=C(O)CCCCCCCNC(=O)c1cc(-c2cccnc2)on1. The van der Waals surface area contributed by atoms with Crippen LogP contribution in [-0.2, 0) is 4.79 Å². The first kappa shape index (κ1) is 17.7. The quantitative estimate of drug-likeness (QED) is 0.649. The van der Waals surface area contributed by atoms with Crippen molar-refractivity contribution in [3.8, 4) is 11.3 Å². The van der Waals surface area contributed by atoms with Gasteiger partial charge in [0.25, 0.3) is 5.91 Å². The number of aliphatic carboxylic acids is 1. The maximum atomic E-state index is 12.0. The van der Waals surface area contributed by atoms with Crippen LogP contribution >= 0.6 is 0 Å². The smallest absolute Gasteiger partial charge is 0.303 e. The van der Waals surface area contributed by atoms with Crippen molar-refractivity contribution >= 4 is 11.9 Å². The van der Waals surface area contributed by atoms with Crippen molar-refractivity contribution in [2.75, 3.05) is 6.54 Å². The summed E-state index contributed by atoms with van der Waals surface area (Å²) in [6, 6.07) is 5.21. The Labute approximate surface area is 140 Å².